The molecule has 0 saturated carbocycles. The van der Waals surface area contributed by atoms with Crippen molar-refractivity contribution in [2.24, 2.45) is 5.73 Å². The van der Waals surface area contributed by atoms with Crippen LogP contribution >= 0.6 is 11.8 Å². The van der Waals surface area contributed by atoms with Gasteiger partial charge in [0.1, 0.15) is 0 Å². The molecule has 0 saturated heterocycles. The lowest BCUT2D eigenvalue weighted by molar-refractivity contribution is 0.521. The molecule has 2 N–H and O–H groups in total. The molecule has 0 fully saturated rings. The Balaban J connectivity index is 1.76. The highest BCUT2D eigenvalue weighted by atomic mass is 32.2. The minimum absolute atomic E-state index is 0.288. The SMILES string of the molecule is CSCCCCCCn1ccc2c1CCCC2N. The molecule has 0 aromatic carbocycles. The van der Waals surface area contributed by atoms with Crippen LogP contribution in [0.15, 0.2) is 12.3 Å². The summed E-state index contributed by atoms with van der Waals surface area (Å²) in [4.78, 5) is 0. The number of nitrogens with zero attached hydrogens (tertiary/aromatic N) is 1. The molecular weight excluding hydrogens is 240 g/mol. The molecule has 1 aliphatic rings. The number of hydrogen-bond acceptors (Lipinski definition) is 2. The van der Waals surface area contributed by atoms with Gasteiger partial charge in [0.2, 0.25) is 0 Å². The number of aryl methyl sites for hydroxylation is 1. The highest BCUT2D eigenvalue weighted by Gasteiger charge is 2.19. The molecule has 0 bridgehead atoms. The van der Waals surface area contributed by atoms with Gasteiger partial charge in [-0.25, -0.2) is 0 Å². The summed E-state index contributed by atoms with van der Waals surface area (Å²) in [5, 5.41) is 0. The molecule has 18 heavy (non-hydrogen) atoms. The summed E-state index contributed by atoms with van der Waals surface area (Å²) >= 11 is 1.96. The second-order valence-corrected chi connectivity index (χ2v) is 6.30. The number of aromatic nitrogens is 1. The molecule has 3 heteroatoms. The van der Waals surface area contributed by atoms with Crippen LogP contribution in [-0.2, 0) is 13.0 Å². The minimum atomic E-state index is 0.288. The Hall–Kier alpha value is -0.410. The highest BCUT2D eigenvalue weighted by Crippen LogP contribution is 2.28. The van der Waals surface area contributed by atoms with E-state index in [4.69, 9.17) is 5.73 Å². The van der Waals surface area contributed by atoms with Gasteiger partial charge in [-0.1, -0.05) is 12.8 Å². The van der Waals surface area contributed by atoms with Crippen LogP contribution in [0.3, 0.4) is 0 Å². The summed E-state index contributed by atoms with van der Waals surface area (Å²) in [5.74, 6) is 1.31. The third kappa shape index (κ3) is 3.55. The lowest BCUT2D eigenvalue weighted by atomic mass is 9.93. The van der Waals surface area contributed by atoms with Crippen molar-refractivity contribution >= 4 is 11.8 Å². The first-order valence-corrected chi connectivity index (χ1v) is 8.64. The van der Waals surface area contributed by atoms with E-state index in [1.165, 1.54) is 62.1 Å². The second kappa shape index (κ2) is 7.25. The molecule has 1 atom stereocenters. The number of rotatable bonds is 7. The molecule has 0 radical (unpaired) electrons. The van der Waals surface area contributed by atoms with Crippen LogP contribution in [0.4, 0.5) is 0 Å². The van der Waals surface area contributed by atoms with Crippen molar-refractivity contribution in [3.05, 3.63) is 23.5 Å². The number of hydrogen-bond donors (Lipinski definition) is 1. The summed E-state index contributed by atoms with van der Waals surface area (Å²) in [6.07, 6.45) is 13.5. The van der Waals surface area contributed by atoms with Crippen LogP contribution in [0, 0.1) is 0 Å². The van der Waals surface area contributed by atoms with Crippen LogP contribution in [-0.4, -0.2) is 16.6 Å². The second-order valence-electron chi connectivity index (χ2n) is 5.32. The monoisotopic (exact) mass is 266 g/mol. The van der Waals surface area contributed by atoms with Crippen LogP contribution in [0.1, 0.15) is 55.8 Å². The van der Waals surface area contributed by atoms with Crippen LogP contribution in [0.2, 0.25) is 0 Å². The van der Waals surface area contributed by atoms with E-state index >= 15 is 0 Å². The van der Waals surface area contributed by atoms with Gasteiger partial charge in [0.05, 0.1) is 0 Å². The smallest absolute Gasteiger partial charge is 0.0312 e. The van der Waals surface area contributed by atoms with Gasteiger partial charge in [-0.3, -0.25) is 0 Å². The van der Waals surface area contributed by atoms with E-state index in [0.717, 1.165) is 6.42 Å². The van der Waals surface area contributed by atoms with Crippen LogP contribution < -0.4 is 5.73 Å². The first-order valence-electron chi connectivity index (χ1n) is 7.25. The van der Waals surface area contributed by atoms with E-state index in [1.807, 2.05) is 11.8 Å². The zero-order chi connectivity index (χ0) is 12.8. The van der Waals surface area contributed by atoms with Crippen LogP contribution in [0.25, 0.3) is 0 Å². The van der Waals surface area contributed by atoms with E-state index in [0.29, 0.717) is 0 Å². The summed E-state index contributed by atoms with van der Waals surface area (Å²) in [5.41, 5.74) is 9.07. The first kappa shape index (κ1) is 14.0. The van der Waals surface area contributed by atoms with Gasteiger partial charge < -0.3 is 10.3 Å². The number of unbranched alkanes of at least 4 members (excludes halogenated alkanes) is 3. The number of fused-ring (bicyclic) bond motifs is 1. The Labute approximate surface area is 115 Å². The van der Waals surface area contributed by atoms with Gasteiger partial charge in [0.25, 0.3) is 0 Å². The van der Waals surface area contributed by atoms with Crippen molar-refractivity contribution in [1.82, 2.24) is 4.57 Å². The summed E-state index contributed by atoms with van der Waals surface area (Å²) < 4.78 is 2.45. The summed E-state index contributed by atoms with van der Waals surface area (Å²) in [7, 11) is 0. The first-order chi connectivity index (χ1) is 8.83. The Morgan fingerprint density at radius 1 is 1.33 bits per heavy atom. The predicted octanol–water partition coefficient (Wildman–Crippen LogP) is 3.75. The lowest BCUT2D eigenvalue weighted by Gasteiger charge is -2.21. The van der Waals surface area contributed by atoms with Crippen molar-refractivity contribution in [3.8, 4) is 0 Å². The fourth-order valence-corrected chi connectivity index (χ4v) is 3.38. The van der Waals surface area contributed by atoms with Gasteiger partial charge in [-0.2, -0.15) is 11.8 Å². The number of nitrogens with two attached hydrogens (primary N) is 1. The minimum Gasteiger partial charge on any atom is -0.351 e. The standard InChI is InChI=1S/C15H26N2S/c1-18-12-5-3-2-4-10-17-11-9-13-14(16)7-6-8-15(13)17/h9,11,14H,2-8,10,12,16H2,1H3. The fraction of sp³-hybridized carbons (Fsp3) is 0.733. The molecule has 102 valence electrons. The zero-order valence-corrected chi connectivity index (χ0v) is 12.3. The van der Waals surface area contributed by atoms with E-state index in [9.17, 15) is 0 Å². The maximum absolute atomic E-state index is 6.15. The van der Waals surface area contributed by atoms with Gasteiger partial charge in [0.15, 0.2) is 0 Å². The van der Waals surface area contributed by atoms with Gasteiger partial charge in [0, 0.05) is 24.5 Å². The zero-order valence-electron chi connectivity index (χ0n) is 11.5. The topological polar surface area (TPSA) is 30.9 Å². The maximum atomic E-state index is 6.15. The molecular formula is C15H26N2S. The molecule has 1 heterocycles. The van der Waals surface area contributed by atoms with Crippen molar-refractivity contribution in [2.75, 3.05) is 12.0 Å². The molecule has 1 unspecified atom stereocenters. The van der Waals surface area contributed by atoms with Gasteiger partial charge >= 0.3 is 0 Å². The third-order valence-corrected chi connectivity index (χ3v) is 4.64. The molecule has 0 spiro atoms. The molecule has 0 aliphatic heterocycles. The van der Waals surface area contributed by atoms with Crippen molar-refractivity contribution in [1.29, 1.82) is 0 Å². The predicted molar refractivity (Wildman–Crippen MR) is 81.1 cm³/mol. The van der Waals surface area contributed by atoms with Gasteiger partial charge in [-0.15, -0.1) is 0 Å². The highest BCUT2D eigenvalue weighted by molar-refractivity contribution is 7.98. The summed E-state index contributed by atoms with van der Waals surface area (Å²) in [6, 6.07) is 2.53. The Kier molecular flexibility index (Phi) is 5.64. The van der Waals surface area contributed by atoms with E-state index in [1.54, 1.807) is 0 Å². The largest absolute Gasteiger partial charge is 0.351 e. The van der Waals surface area contributed by atoms with Crippen LogP contribution in [0.5, 0.6) is 0 Å². The lowest BCUT2D eigenvalue weighted by Crippen LogP contribution is -2.18. The molecule has 2 rings (SSSR count). The fourth-order valence-electron chi connectivity index (χ4n) is 2.88. The van der Waals surface area contributed by atoms with E-state index in [2.05, 4.69) is 23.1 Å². The normalized spacial score (nSPS) is 18.9. The van der Waals surface area contributed by atoms with E-state index in [-0.39, 0.29) is 6.04 Å². The van der Waals surface area contributed by atoms with Crippen molar-refractivity contribution in [2.45, 2.75) is 57.5 Å². The quantitative estimate of drug-likeness (QED) is 0.762. The average Bonchev–Trinajstić information content (AvgIpc) is 2.79. The Morgan fingerprint density at radius 2 is 2.17 bits per heavy atom. The number of thioether (sulfide) groups is 1. The molecule has 1 aromatic rings. The molecule has 0 amide bonds. The molecule has 1 aliphatic carbocycles. The third-order valence-electron chi connectivity index (χ3n) is 3.94. The molecule has 1 aromatic heterocycles. The Bertz CT molecular complexity index is 359. The average molecular weight is 266 g/mol. The van der Waals surface area contributed by atoms with Crippen molar-refractivity contribution in [3.63, 3.8) is 0 Å². The maximum Gasteiger partial charge on any atom is 0.0312 e. The Morgan fingerprint density at radius 3 is 3.00 bits per heavy atom. The van der Waals surface area contributed by atoms with E-state index < -0.39 is 0 Å². The van der Waals surface area contributed by atoms with Gasteiger partial charge in [-0.05, 0) is 55.7 Å². The summed E-state index contributed by atoms with van der Waals surface area (Å²) in [6.45, 7) is 1.18. The van der Waals surface area contributed by atoms with Crippen molar-refractivity contribution < 1.29 is 0 Å². The molecule has 2 nitrogen and oxygen atoms in total.